The van der Waals surface area contributed by atoms with Gasteiger partial charge in [-0.1, -0.05) is 30.3 Å². The van der Waals surface area contributed by atoms with Crippen molar-refractivity contribution in [3.8, 4) is 0 Å². The Bertz CT molecular complexity index is 414. The van der Waals surface area contributed by atoms with Crippen LogP contribution < -0.4 is 5.32 Å². The van der Waals surface area contributed by atoms with Crippen molar-refractivity contribution in [1.29, 1.82) is 0 Å². The maximum atomic E-state index is 12.4. The summed E-state index contributed by atoms with van der Waals surface area (Å²) in [6.07, 6.45) is 2.48. The second-order valence-electron chi connectivity index (χ2n) is 5.87. The Kier molecular flexibility index (Phi) is 4.59. The first-order valence-electron chi connectivity index (χ1n) is 7.15. The van der Waals surface area contributed by atoms with E-state index in [0.29, 0.717) is 6.42 Å². The van der Waals surface area contributed by atoms with Crippen molar-refractivity contribution in [3.63, 3.8) is 0 Å². The third-order valence-electron chi connectivity index (χ3n) is 3.79. The molecule has 1 heterocycles. The Labute approximate surface area is 116 Å². The van der Waals surface area contributed by atoms with Crippen molar-refractivity contribution >= 4 is 5.91 Å². The zero-order chi connectivity index (χ0) is 13.7. The van der Waals surface area contributed by atoms with Gasteiger partial charge in [-0.2, -0.15) is 0 Å². The molecule has 104 valence electrons. The molecule has 1 fully saturated rings. The van der Waals surface area contributed by atoms with E-state index in [9.17, 15) is 4.79 Å². The van der Waals surface area contributed by atoms with Crippen LogP contribution in [0.4, 0.5) is 0 Å². The lowest BCUT2D eigenvalue weighted by Crippen LogP contribution is -2.51. The van der Waals surface area contributed by atoms with Crippen molar-refractivity contribution in [2.75, 3.05) is 19.6 Å². The molecule has 0 spiro atoms. The molecule has 0 unspecified atom stereocenters. The fourth-order valence-corrected chi connectivity index (χ4v) is 2.65. The summed E-state index contributed by atoms with van der Waals surface area (Å²) in [5.74, 6) is 0.276. The molecule has 1 saturated heterocycles. The van der Waals surface area contributed by atoms with Crippen LogP contribution in [0.5, 0.6) is 0 Å². The molecule has 1 aromatic carbocycles. The predicted octanol–water partition coefficient (Wildman–Crippen LogP) is 2.22. The summed E-state index contributed by atoms with van der Waals surface area (Å²) in [7, 11) is 0. The fourth-order valence-electron chi connectivity index (χ4n) is 2.65. The first-order chi connectivity index (χ1) is 9.09. The van der Waals surface area contributed by atoms with E-state index >= 15 is 0 Å². The molecule has 1 amide bonds. The highest BCUT2D eigenvalue weighted by atomic mass is 16.2. The molecular weight excluding hydrogens is 236 g/mol. The first-order valence-corrected chi connectivity index (χ1v) is 7.15. The number of carbonyl (C=O) groups is 1. The minimum Gasteiger partial charge on any atom is -0.336 e. The van der Waals surface area contributed by atoms with Crippen LogP contribution >= 0.6 is 0 Å². The minimum absolute atomic E-state index is 0.0791. The van der Waals surface area contributed by atoms with Gasteiger partial charge in [0.15, 0.2) is 0 Å². The summed E-state index contributed by atoms with van der Waals surface area (Å²) in [6.45, 7) is 7.04. The summed E-state index contributed by atoms with van der Waals surface area (Å²) in [5.41, 5.74) is 1.16. The number of nitrogens with one attached hydrogen (secondary N) is 1. The SMILES string of the molecule is CC1(C)CNCCCN1C(=O)CCc1ccccc1. The fraction of sp³-hybridized carbons (Fsp3) is 0.562. The maximum absolute atomic E-state index is 12.4. The molecule has 3 nitrogen and oxygen atoms in total. The second-order valence-corrected chi connectivity index (χ2v) is 5.87. The quantitative estimate of drug-likeness (QED) is 0.904. The van der Waals surface area contributed by atoms with Gasteiger partial charge in [-0.3, -0.25) is 4.79 Å². The molecule has 1 N–H and O–H groups in total. The monoisotopic (exact) mass is 260 g/mol. The van der Waals surface area contributed by atoms with Gasteiger partial charge in [0, 0.05) is 25.0 Å². The third kappa shape index (κ3) is 3.80. The normalized spacial score (nSPS) is 18.9. The smallest absolute Gasteiger partial charge is 0.223 e. The summed E-state index contributed by atoms with van der Waals surface area (Å²) in [5, 5.41) is 3.40. The van der Waals surface area contributed by atoms with Gasteiger partial charge in [-0.25, -0.2) is 0 Å². The Balaban J connectivity index is 1.94. The number of rotatable bonds is 3. The van der Waals surface area contributed by atoms with Crippen molar-refractivity contribution in [1.82, 2.24) is 10.2 Å². The predicted molar refractivity (Wildman–Crippen MR) is 78.0 cm³/mol. The molecule has 1 aliphatic rings. The highest BCUT2D eigenvalue weighted by Gasteiger charge is 2.31. The van der Waals surface area contributed by atoms with Crippen LogP contribution in [-0.2, 0) is 11.2 Å². The van der Waals surface area contributed by atoms with Crippen molar-refractivity contribution in [3.05, 3.63) is 35.9 Å². The molecule has 3 heteroatoms. The van der Waals surface area contributed by atoms with Crippen molar-refractivity contribution in [2.24, 2.45) is 0 Å². The molecule has 0 saturated carbocycles. The van der Waals surface area contributed by atoms with Crippen molar-refractivity contribution in [2.45, 2.75) is 38.6 Å². The van der Waals surface area contributed by atoms with Gasteiger partial charge in [0.05, 0.1) is 0 Å². The number of hydrogen-bond acceptors (Lipinski definition) is 2. The second kappa shape index (κ2) is 6.20. The number of aryl methyl sites for hydroxylation is 1. The number of benzene rings is 1. The van der Waals surface area contributed by atoms with Gasteiger partial charge in [-0.15, -0.1) is 0 Å². The highest BCUT2D eigenvalue weighted by molar-refractivity contribution is 5.77. The molecule has 19 heavy (non-hydrogen) atoms. The van der Waals surface area contributed by atoms with Crippen LogP contribution in [0.15, 0.2) is 30.3 Å². The van der Waals surface area contributed by atoms with Crippen LogP contribution in [0, 0.1) is 0 Å². The first kappa shape index (κ1) is 14.1. The van der Waals surface area contributed by atoms with Gasteiger partial charge < -0.3 is 10.2 Å². The molecule has 2 rings (SSSR count). The summed E-state index contributed by atoms with van der Waals surface area (Å²) < 4.78 is 0. The lowest BCUT2D eigenvalue weighted by molar-refractivity contribution is -0.136. The van der Waals surface area contributed by atoms with Crippen LogP contribution in [0.25, 0.3) is 0 Å². The van der Waals surface area contributed by atoms with E-state index in [2.05, 4.69) is 36.2 Å². The third-order valence-corrected chi connectivity index (χ3v) is 3.79. The lowest BCUT2D eigenvalue weighted by Gasteiger charge is -2.37. The van der Waals surface area contributed by atoms with Gasteiger partial charge in [0.2, 0.25) is 5.91 Å². The Morgan fingerprint density at radius 3 is 2.79 bits per heavy atom. The maximum Gasteiger partial charge on any atom is 0.223 e. The summed E-state index contributed by atoms with van der Waals surface area (Å²) >= 11 is 0. The zero-order valence-corrected chi connectivity index (χ0v) is 12.0. The minimum atomic E-state index is -0.0791. The number of nitrogens with zero attached hydrogens (tertiary/aromatic N) is 1. The molecule has 0 aliphatic carbocycles. The topological polar surface area (TPSA) is 32.3 Å². The van der Waals surface area contributed by atoms with Crippen LogP contribution in [0.3, 0.4) is 0 Å². The summed E-state index contributed by atoms with van der Waals surface area (Å²) in [6, 6.07) is 10.2. The standard InChI is InChI=1S/C16H24N2O/c1-16(2)13-17-11-6-12-18(16)15(19)10-9-14-7-4-3-5-8-14/h3-5,7-8,17H,6,9-13H2,1-2H3. The van der Waals surface area contributed by atoms with Crippen LogP contribution in [0.2, 0.25) is 0 Å². The Morgan fingerprint density at radius 2 is 2.05 bits per heavy atom. The van der Waals surface area contributed by atoms with E-state index in [1.807, 2.05) is 18.2 Å². The molecule has 0 aromatic heterocycles. The van der Waals surface area contributed by atoms with Gasteiger partial charge in [0.25, 0.3) is 0 Å². The van der Waals surface area contributed by atoms with E-state index in [1.165, 1.54) is 5.56 Å². The van der Waals surface area contributed by atoms with E-state index in [-0.39, 0.29) is 11.4 Å². The van der Waals surface area contributed by atoms with Crippen molar-refractivity contribution < 1.29 is 4.79 Å². The Morgan fingerprint density at radius 1 is 1.32 bits per heavy atom. The van der Waals surface area contributed by atoms with E-state index in [1.54, 1.807) is 0 Å². The molecule has 0 atom stereocenters. The van der Waals surface area contributed by atoms with Crippen LogP contribution in [-0.4, -0.2) is 36.0 Å². The molecule has 1 aromatic rings. The van der Waals surface area contributed by atoms with Gasteiger partial charge in [0.1, 0.15) is 0 Å². The number of hydrogen-bond donors (Lipinski definition) is 1. The highest BCUT2D eigenvalue weighted by Crippen LogP contribution is 2.18. The average Bonchev–Trinajstić information content (AvgIpc) is 2.58. The van der Waals surface area contributed by atoms with Gasteiger partial charge >= 0.3 is 0 Å². The average molecular weight is 260 g/mol. The van der Waals surface area contributed by atoms with E-state index in [4.69, 9.17) is 0 Å². The molecule has 1 aliphatic heterocycles. The molecule has 0 radical (unpaired) electrons. The summed E-state index contributed by atoms with van der Waals surface area (Å²) in [4.78, 5) is 14.5. The zero-order valence-electron chi connectivity index (χ0n) is 12.0. The van der Waals surface area contributed by atoms with Crippen LogP contribution in [0.1, 0.15) is 32.3 Å². The Hall–Kier alpha value is -1.35. The van der Waals surface area contributed by atoms with Gasteiger partial charge in [-0.05, 0) is 38.8 Å². The molecular formula is C16H24N2O. The number of carbonyl (C=O) groups excluding carboxylic acids is 1. The lowest BCUT2D eigenvalue weighted by atomic mass is 10.0. The number of amides is 1. The van der Waals surface area contributed by atoms with E-state index < -0.39 is 0 Å². The largest absolute Gasteiger partial charge is 0.336 e. The molecule has 0 bridgehead atoms. The van der Waals surface area contributed by atoms with E-state index in [0.717, 1.165) is 32.5 Å².